The second-order valence-electron chi connectivity index (χ2n) is 4.08. The predicted molar refractivity (Wildman–Crippen MR) is 57.4 cm³/mol. The molecule has 0 saturated carbocycles. The first-order valence-corrected chi connectivity index (χ1v) is 4.68. The van der Waals surface area contributed by atoms with Crippen molar-refractivity contribution in [2.45, 2.75) is 19.3 Å². The van der Waals surface area contributed by atoms with Gasteiger partial charge in [0.05, 0.1) is 0 Å². The van der Waals surface area contributed by atoms with E-state index >= 15 is 0 Å². The van der Waals surface area contributed by atoms with Gasteiger partial charge in [-0.2, -0.15) is 0 Å². The van der Waals surface area contributed by atoms with Gasteiger partial charge in [-0.3, -0.25) is 0 Å². The average Bonchev–Trinajstić information content (AvgIpc) is 2.64. The van der Waals surface area contributed by atoms with Crippen molar-refractivity contribution in [3.05, 3.63) is 36.0 Å². The fourth-order valence-electron chi connectivity index (χ4n) is 1.71. The molecule has 0 aliphatic carbocycles. The molecule has 0 aliphatic rings. The first kappa shape index (κ1) is 9.00. The minimum atomic E-state index is -0.415. The summed E-state index contributed by atoms with van der Waals surface area (Å²) in [6.07, 6.45) is 2.89. The summed E-state index contributed by atoms with van der Waals surface area (Å²) in [4.78, 5) is 14.1. The summed E-state index contributed by atoms with van der Waals surface area (Å²) in [5, 5.41) is 1.13. The fraction of sp³-hybridized carbons (Fsp3) is 0.250. The number of fused-ring (bicyclic) bond motifs is 1. The van der Waals surface area contributed by atoms with Crippen molar-refractivity contribution in [1.29, 1.82) is 0 Å². The highest BCUT2D eigenvalue weighted by molar-refractivity contribution is 5.87. The molecule has 1 aromatic heterocycles. The van der Waals surface area contributed by atoms with Crippen LogP contribution in [0.4, 0.5) is 0 Å². The van der Waals surface area contributed by atoms with Gasteiger partial charge in [-0.15, -0.1) is 0 Å². The maximum atomic E-state index is 11.0. The lowest BCUT2D eigenvalue weighted by atomic mass is 9.84. The van der Waals surface area contributed by atoms with E-state index in [2.05, 4.69) is 4.98 Å². The Morgan fingerprint density at radius 2 is 2.07 bits per heavy atom. The van der Waals surface area contributed by atoms with Crippen LogP contribution in [-0.4, -0.2) is 11.3 Å². The van der Waals surface area contributed by atoms with Crippen LogP contribution in [0.1, 0.15) is 19.4 Å². The van der Waals surface area contributed by atoms with Gasteiger partial charge >= 0.3 is 0 Å². The Morgan fingerprint density at radius 3 is 2.79 bits per heavy atom. The SMILES string of the molecule is CC(C)(C=O)c1cccc2[nH]ccc12. The van der Waals surface area contributed by atoms with E-state index in [0.717, 1.165) is 22.8 Å². The molecule has 0 radical (unpaired) electrons. The molecule has 1 aromatic carbocycles. The van der Waals surface area contributed by atoms with E-state index in [4.69, 9.17) is 0 Å². The van der Waals surface area contributed by atoms with Crippen LogP contribution in [0, 0.1) is 0 Å². The monoisotopic (exact) mass is 187 g/mol. The second-order valence-corrected chi connectivity index (χ2v) is 4.08. The minimum Gasteiger partial charge on any atom is -0.361 e. The molecule has 0 atom stereocenters. The molecule has 2 rings (SSSR count). The quantitative estimate of drug-likeness (QED) is 0.720. The van der Waals surface area contributed by atoms with Crippen LogP contribution in [0.25, 0.3) is 10.9 Å². The average molecular weight is 187 g/mol. The smallest absolute Gasteiger partial charge is 0.129 e. The maximum Gasteiger partial charge on any atom is 0.129 e. The summed E-state index contributed by atoms with van der Waals surface area (Å²) in [6, 6.07) is 8.00. The Labute approximate surface area is 82.9 Å². The van der Waals surface area contributed by atoms with Crippen molar-refractivity contribution < 1.29 is 4.79 Å². The van der Waals surface area contributed by atoms with E-state index in [0.29, 0.717) is 0 Å². The minimum absolute atomic E-state index is 0.415. The highest BCUT2D eigenvalue weighted by atomic mass is 16.1. The zero-order chi connectivity index (χ0) is 10.2. The van der Waals surface area contributed by atoms with Gasteiger partial charge < -0.3 is 9.78 Å². The number of aldehydes is 1. The first-order chi connectivity index (χ1) is 6.65. The standard InChI is InChI=1S/C12H13NO/c1-12(2,8-14)10-4-3-5-11-9(10)6-7-13-11/h3-8,13H,1-2H3. The number of hydrogen-bond donors (Lipinski definition) is 1. The molecule has 1 heterocycles. The van der Waals surface area contributed by atoms with Gasteiger partial charge in [-0.1, -0.05) is 12.1 Å². The van der Waals surface area contributed by atoms with E-state index in [1.165, 1.54) is 0 Å². The van der Waals surface area contributed by atoms with Crippen molar-refractivity contribution in [2.75, 3.05) is 0 Å². The lowest BCUT2D eigenvalue weighted by Gasteiger charge is -2.18. The number of benzene rings is 1. The third-order valence-electron chi connectivity index (χ3n) is 2.58. The van der Waals surface area contributed by atoms with Gasteiger partial charge in [0, 0.05) is 22.5 Å². The summed E-state index contributed by atoms with van der Waals surface area (Å²) in [6.45, 7) is 3.86. The summed E-state index contributed by atoms with van der Waals surface area (Å²) in [5.41, 5.74) is 1.74. The van der Waals surface area contributed by atoms with Crippen molar-refractivity contribution in [2.24, 2.45) is 0 Å². The van der Waals surface area contributed by atoms with Crippen molar-refractivity contribution in [3.63, 3.8) is 0 Å². The Kier molecular flexibility index (Phi) is 1.92. The van der Waals surface area contributed by atoms with E-state index in [1.54, 1.807) is 0 Å². The molecule has 0 saturated heterocycles. The van der Waals surface area contributed by atoms with Gasteiger partial charge in [-0.05, 0) is 31.5 Å². The van der Waals surface area contributed by atoms with Crippen molar-refractivity contribution in [1.82, 2.24) is 4.98 Å². The third-order valence-corrected chi connectivity index (χ3v) is 2.58. The van der Waals surface area contributed by atoms with E-state index < -0.39 is 5.41 Å². The number of nitrogens with one attached hydrogen (secondary N) is 1. The molecule has 0 spiro atoms. The summed E-state index contributed by atoms with van der Waals surface area (Å²) < 4.78 is 0. The topological polar surface area (TPSA) is 32.9 Å². The molecular weight excluding hydrogens is 174 g/mol. The lowest BCUT2D eigenvalue weighted by Crippen LogP contribution is -2.18. The molecule has 2 aromatic rings. The van der Waals surface area contributed by atoms with Gasteiger partial charge in [0.2, 0.25) is 0 Å². The van der Waals surface area contributed by atoms with Crippen molar-refractivity contribution in [3.8, 4) is 0 Å². The van der Waals surface area contributed by atoms with E-state index in [9.17, 15) is 4.79 Å². The third kappa shape index (κ3) is 1.23. The molecule has 2 heteroatoms. The van der Waals surface area contributed by atoms with Crippen LogP contribution >= 0.6 is 0 Å². The number of carbonyl (C=O) groups is 1. The van der Waals surface area contributed by atoms with Crippen LogP contribution < -0.4 is 0 Å². The van der Waals surface area contributed by atoms with Crippen LogP contribution in [0.2, 0.25) is 0 Å². The molecule has 14 heavy (non-hydrogen) atoms. The molecule has 0 aliphatic heterocycles. The molecule has 72 valence electrons. The second kappa shape index (κ2) is 2.98. The molecule has 0 bridgehead atoms. The number of aromatic nitrogens is 1. The highest BCUT2D eigenvalue weighted by Crippen LogP contribution is 2.28. The lowest BCUT2D eigenvalue weighted by molar-refractivity contribution is -0.111. The van der Waals surface area contributed by atoms with Crippen LogP contribution in [0.3, 0.4) is 0 Å². The number of rotatable bonds is 2. The molecular formula is C12H13NO. The highest BCUT2D eigenvalue weighted by Gasteiger charge is 2.21. The van der Waals surface area contributed by atoms with E-state index in [1.807, 2.05) is 44.3 Å². The molecule has 0 amide bonds. The first-order valence-electron chi connectivity index (χ1n) is 4.68. The fourth-order valence-corrected chi connectivity index (χ4v) is 1.71. The molecule has 0 unspecified atom stereocenters. The molecule has 1 N–H and O–H groups in total. The Balaban J connectivity index is 2.73. The van der Waals surface area contributed by atoms with Gasteiger partial charge in [0.15, 0.2) is 0 Å². The summed E-state index contributed by atoms with van der Waals surface area (Å²) in [5.74, 6) is 0. The van der Waals surface area contributed by atoms with Crippen LogP contribution in [0.15, 0.2) is 30.5 Å². The van der Waals surface area contributed by atoms with Gasteiger partial charge in [0.25, 0.3) is 0 Å². The van der Waals surface area contributed by atoms with Crippen LogP contribution in [-0.2, 0) is 10.2 Å². The summed E-state index contributed by atoms with van der Waals surface area (Å²) in [7, 11) is 0. The predicted octanol–water partition coefficient (Wildman–Crippen LogP) is 2.64. The Morgan fingerprint density at radius 1 is 1.29 bits per heavy atom. The number of aromatic amines is 1. The van der Waals surface area contributed by atoms with E-state index in [-0.39, 0.29) is 0 Å². The normalized spacial score (nSPS) is 11.9. The largest absolute Gasteiger partial charge is 0.361 e. The van der Waals surface area contributed by atoms with Crippen molar-refractivity contribution >= 4 is 17.2 Å². The van der Waals surface area contributed by atoms with Crippen LogP contribution in [0.5, 0.6) is 0 Å². The molecule has 0 fully saturated rings. The number of H-pyrrole nitrogens is 1. The Hall–Kier alpha value is -1.57. The van der Waals surface area contributed by atoms with Gasteiger partial charge in [0.1, 0.15) is 6.29 Å². The van der Waals surface area contributed by atoms with Gasteiger partial charge in [-0.25, -0.2) is 0 Å². The maximum absolute atomic E-state index is 11.0. The number of carbonyl (C=O) groups excluding carboxylic acids is 1. The summed E-state index contributed by atoms with van der Waals surface area (Å²) >= 11 is 0. The molecule has 2 nitrogen and oxygen atoms in total. The number of hydrogen-bond acceptors (Lipinski definition) is 1. The Bertz CT molecular complexity index is 468. The zero-order valence-electron chi connectivity index (χ0n) is 8.37. The zero-order valence-corrected chi connectivity index (χ0v) is 8.37.